The molecule has 0 radical (unpaired) electrons. The van der Waals surface area contributed by atoms with E-state index in [9.17, 15) is 9.90 Å². The van der Waals surface area contributed by atoms with Crippen molar-refractivity contribution in [2.75, 3.05) is 7.11 Å². The van der Waals surface area contributed by atoms with Gasteiger partial charge in [-0.25, -0.2) is 0 Å². The van der Waals surface area contributed by atoms with Crippen LogP contribution >= 0.6 is 22.6 Å². The van der Waals surface area contributed by atoms with E-state index >= 15 is 0 Å². The van der Waals surface area contributed by atoms with E-state index in [1.165, 1.54) is 13.2 Å². The number of halogens is 1. The summed E-state index contributed by atoms with van der Waals surface area (Å²) in [5.41, 5.74) is 1.44. The van der Waals surface area contributed by atoms with Gasteiger partial charge < -0.3 is 9.84 Å². The molecule has 0 bridgehead atoms. The van der Waals surface area contributed by atoms with Crippen LogP contribution in [0.2, 0.25) is 0 Å². The molecular formula is C16H13IO3. The molecule has 0 aliphatic heterocycles. The summed E-state index contributed by atoms with van der Waals surface area (Å²) in [7, 11) is 1.49. The molecule has 0 atom stereocenters. The van der Waals surface area contributed by atoms with Crippen LogP contribution in [0.3, 0.4) is 0 Å². The van der Waals surface area contributed by atoms with E-state index in [-0.39, 0.29) is 11.5 Å². The van der Waals surface area contributed by atoms with Crippen molar-refractivity contribution in [2.45, 2.75) is 0 Å². The maximum Gasteiger partial charge on any atom is 0.185 e. The zero-order chi connectivity index (χ0) is 14.5. The largest absolute Gasteiger partial charge is 0.504 e. The Kier molecular flexibility index (Phi) is 4.79. The summed E-state index contributed by atoms with van der Waals surface area (Å²) in [5, 5.41) is 9.75. The topological polar surface area (TPSA) is 46.5 Å². The molecule has 20 heavy (non-hydrogen) atoms. The molecular weight excluding hydrogens is 367 g/mol. The number of phenols is 1. The number of carbonyl (C=O) groups excluding carboxylic acids is 1. The number of allylic oxidation sites excluding steroid dienone is 1. The number of hydrogen-bond donors (Lipinski definition) is 1. The number of hydrogen-bond acceptors (Lipinski definition) is 3. The Labute approximate surface area is 131 Å². The number of rotatable bonds is 4. The number of ketones is 1. The number of carbonyl (C=O) groups is 1. The van der Waals surface area contributed by atoms with Gasteiger partial charge in [0.05, 0.1) is 10.7 Å². The number of phenolic OH excluding ortho intramolecular Hbond substituents is 1. The Morgan fingerprint density at radius 1 is 1.25 bits per heavy atom. The van der Waals surface area contributed by atoms with Gasteiger partial charge in [-0.2, -0.15) is 0 Å². The average Bonchev–Trinajstić information content (AvgIpc) is 2.48. The molecule has 0 aliphatic carbocycles. The lowest BCUT2D eigenvalue weighted by Gasteiger charge is -2.06. The van der Waals surface area contributed by atoms with Crippen molar-refractivity contribution in [1.29, 1.82) is 0 Å². The molecule has 2 aromatic rings. The average molecular weight is 380 g/mol. The molecule has 0 saturated carbocycles. The summed E-state index contributed by atoms with van der Waals surface area (Å²) in [6, 6.07) is 12.5. The van der Waals surface area contributed by atoms with E-state index in [1.807, 2.05) is 40.8 Å². The van der Waals surface area contributed by atoms with Crippen LogP contribution in [-0.4, -0.2) is 18.0 Å². The second-order valence-corrected chi connectivity index (χ2v) is 5.28. The van der Waals surface area contributed by atoms with Crippen LogP contribution in [0, 0.1) is 3.57 Å². The molecule has 0 unspecified atom stereocenters. The van der Waals surface area contributed by atoms with E-state index in [2.05, 4.69) is 0 Å². The second kappa shape index (κ2) is 6.56. The van der Waals surface area contributed by atoms with Crippen LogP contribution in [0.4, 0.5) is 0 Å². The Morgan fingerprint density at radius 3 is 2.60 bits per heavy atom. The molecule has 3 nitrogen and oxygen atoms in total. The minimum absolute atomic E-state index is 0.0624. The van der Waals surface area contributed by atoms with Gasteiger partial charge in [0.15, 0.2) is 17.3 Å². The predicted octanol–water partition coefficient (Wildman–Crippen LogP) is 3.90. The van der Waals surface area contributed by atoms with Crippen LogP contribution in [0.5, 0.6) is 11.5 Å². The zero-order valence-electron chi connectivity index (χ0n) is 10.8. The summed E-state index contributed by atoms with van der Waals surface area (Å²) >= 11 is 2.02. The Morgan fingerprint density at radius 2 is 1.95 bits per heavy atom. The molecule has 2 rings (SSSR count). The van der Waals surface area contributed by atoms with Gasteiger partial charge in [-0.3, -0.25) is 4.79 Å². The number of methoxy groups -OCH3 is 1. The van der Waals surface area contributed by atoms with Crippen LogP contribution in [0.1, 0.15) is 15.9 Å². The number of ether oxygens (including phenoxy) is 1. The first-order chi connectivity index (χ1) is 9.61. The minimum Gasteiger partial charge on any atom is -0.504 e. The van der Waals surface area contributed by atoms with Gasteiger partial charge in [0.1, 0.15) is 0 Å². The monoisotopic (exact) mass is 380 g/mol. The fourth-order valence-corrected chi connectivity index (χ4v) is 2.34. The second-order valence-electron chi connectivity index (χ2n) is 4.12. The Balaban J connectivity index is 2.24. The van der Waals surface area contributed by atoms with Gasteiger partial charge in [0.25, 0.3) is 0 Å². The van der Waals surface area contributed by atoms with Crippen LogP contribution in [-0.2, 0) is 0 Å². The fourth-order valence-electron chi connectivity index (χ4n) is 1.72. The van der Waals surface area contributed by atoms with Gasteiger partial charge in [0, 0.05) is 5.56 Å². The number of aromatic hydroxyl groups is 1. The predicted molar refractivity (Wildman–Crippen MR) is 87.2 cm³/mol. The van der Waals surface area contributed by atoms with Crippen LogP contribution in [0.25, 0.3) is 6.08 Å². The van der Waals surface area contributed by atoms with Crippen molar-refractivity contribution in [3.63, 3.8) is 0 Å². The normalized spacial score (nSPS) is 10.7. The highest BCUT2D eigenvalue weighted by Crippen LogP contribution is 2.32. The minimum atomic E-state index is -0.0624. The van der Waals surface area contributed by atoms with E-state index in [0.717, 1.165) is 5.56 Å². The Bertz CT molecular complexity index is 648. The highest BCUT2D eigenvalue weighted by molar-refractivity contribution is 14.1. The maximum absolute atomic E-state index is 12.0. The molecule has 4 heteroatoms. The van der Waals surface area contributed by atoms with Crippen molar-refractivity contribution in [3.05, 3.63) is 63.2 Å². The van der Waals surface area contributed by atoms with Crippen molar-refractivity contribution in [1.82, 2.24) is 0 Å². The molecule has 0 aliphatic rings. The Hall–Kier alpha value is -1.82. The lowest BCUT2D eigenvalue weighted by Crippen LogP contribution is -1.93. The smallest absolute Gasteiger partial charge is 0.185 e. The summed E-state index contributed by atoms with van der Waals surface area (Å²) < 4.78 is 5.76. The molecule has 102 valence electrons. The third-order valence-electron chi connectivity index (χ3n) is 2.76. The van der Waals surface area contributed by atoms with Gasteiger partial charge in [0.2, 0.25) is 0 Å². The lowest BCUT2D eigenvalue weighted by molar-refractivity contribution is 0.104. The molecule has 1 N–H and O–H groups in total. The van der Waals surface area contributed by atoms with Crippen molar-refractivity contribution in [3.8, 4) is 11.5 Å². The number of benzene rings is 2. The third kappa shape index (κ3) is 3.39. The standard InChI is InChI=1S/C16H13IO3/c1-20-15-10-11(9-13(17)16(15)19)7-8-14(18)12-5-3-2-4-6-12/h2-10,19H,1H3/b8-7+. The fraction of sp³-hybridized carbons (Fsp3) is 0.0625. The zero-order valence-corrected chi connectivity index (χ0v) is 13.0. The molecule has 0 spiro atoms. The maximum atomic E-state index is 12.0. The highest BCUT2D eigenvalue weighted by Gasteiger charge is 2.07. The molecule has 0 amide bonds. The lowest BCUT2D eigenvalue weighted by atomic mass is 10.1. The third-order valence-corrected chi connectivity index (χ3v) is 3.58. The van der Waals surface area contributed by atoms with Crippen LogP contribution in [0.15, 0.2) is 48.5 Å². The van der Waals surface area contributed by atoms with Crippen molar-refractivity contribution in [2.24, 2.45) is 0 Å². The summed E-state index contributed by atoms with van der Waals surface area (Å²) in [4.78, 5) is 12.0. The van der Waals surface area contributed by atoms with E-state index in [0.29, 0.717) is 14.9 Å². The molecule has 0 heterocycles. The highest BCUT2D eigenvalue weighted by atomic mass is 127. The van der Waals surface area contributed by atoms with Gasteiger partial charge in [-0.15, -0.1) is 0 Å². The van der Waals surface area contributed by atoms with Gasteiger partial charge in [-0.05, 0) is 46.4 Å². The van der Waals surface area contributed by atoms with Gasteiger partial charge >= 0.3 is 0 Å². The van der Waals surface area contributed by atoms with Crippen molar-refractivity contribution < 1.29 is 14.6 Å². The van der Waals surface area contributed by atoms with E-state index in [4.69, 9.17) is 4.74 Å². The quantitative estimate of drug-likeness (QED) is 0.497. The first-order valence-corrected chi connectivity index (χ1v) is 7.03. The molecule has 0 fully saturated rings. The molecule has 2 aromatic carbocycles. The first kappa shape index (κ1) is 14.6. The van der Waals surface area contributed by atoms with Crippen molar-refractivity contribution >= 4 is 34.5 Å². The van der Waals surface area contributed by atoms with E-state index in [1.54, 1.807) is 30.3 Å². The first-order valence-electron chi connectivity index (χ1n) is 5.96. The van der Waals surface area contributed by atoms with Gasteiger partial charge in [-0.1, -0.05) is 36.4 Å². The molecule has 0 aromatic heterocycles. The van der Waals surface area contributed by atoms with E-state index < -0.39 is 0 Å². The summed E-state index contributed by atoms with van der Waals surface area (Å²) in [5.74, 6) is 0.441. The SMILES string of the molecule is COc1cc(/C=C/C(=O)c2ccccc2)cc(I)c1O. The summed E-state index contributed by atoms with van der Waals surface area (Å²) in [6.07, 6.45) is 3.22. The van der Waals surface area contributed by atoms with Crippen LogP contribution < -0.4 is 4.74 Å². The molecule has 0 saturated heterocycles. The summed E-state index contributed by atoms with van der Waals surface area (Å²) in [6.45, 7) is 0.